The van der Waals surface area contributed by atoms with Gasteiger partial charge in [-0.2, -0.15) is 0 Å². The molecule has 0 fully saturated rings. The topological polar surface area (TPSA) is 50.4 Å². The van der Waals surface area contributed by atoms with Crippen molar-refractivity contribution >= 4 is 18.3 Å². The summed E-state index contributed by atoms with van der Waals surface area (Å²) in [6.45, 7) is 4.69. The van der Waals surface area contributed by atoms with E-state index in [1.807, 2.05) is 0 Å². The van der Waals surface area contributed by atoms with Crippen molar-refractivity contribution in [3.8, 4) is 0 Å². The largest absolute Gasteiger partial charge is 0.388 e. The van der Waals surface area contributed by atoms with Gasteiger partial charge in [0.05, 0.1) is 6.54 Å². The molecule has 0 saturated heterocycles. The lowest BCUT2D eigenvalue weighted by Gasteiger charge is -1.94. The maximum absolute atomic E-state index is 5.29. The fourth-order valence-electron chi connectivity index (χ4n) is 0.313. The van der Waals surface area contributed by atoms with Gasteiger partial charge in [0.2, 0.25) is 0 Å². The van der Waals surface area contributed by atoms with Crippen LogP contribution in [-0.2, 0) is 0 Å². The zero-order chi connectivity index (χ0) is 7.11. The van der Waals surface area contributed by atoms with Gasteiger partial charge in [0.1, 0.15) is 5.16 Å². The van der Waals surface area contributed by atoms with Crippen LogP contribution in [0.25, 0.3) is 0 Å². The second kappa shape index (κ2) is 5.44. The Hall–Kier alpha value is -0.700. The molecule has 0 atom stereocenters. The van der Waals surface area contributed by atoms with Gasteiger partial charge >= 0.3 is 0 Å². The zero-order valence-electron chi connectivity index (χ0n) is 5.10. The maximum atomic E-state index is 5.29. The highest BCUT2D eigenvalue weighted by atomic mass is 35.5. The predicted octanol–water partition coefficient (Wildman–Crippen LogP) is 0.273. The van der Waals surface area contributed by atoms with Crippen molar-refractivity contribution in [3.63, 3.8) is 0 Å². The van der Waals surface area contributed by atoms with Crippen LogP contribution >= 0.6 is 11.6 Å². The van der Waals surface area contributed by atoms with Gasteiger partial charge in [-0.3, -0.25) is 4.99 Å². The molecule has 0 radical (unpaired) electrons. The minimum absolute atomic E-state index is 0.249. The molecule has 0 heterocycles. The van der Waals surface area contributed by atoms with E-state index < -0.39 is 0 Å². The molecule has 0 aliphatic carbocycles. The monoisotopic (exact) mass is 147 g/mol. The third-order valence-electron chi connectivity index (χ3n) is 0.654. The Morgan fingerprint density at radius 2 is 2.56 bits per heavy atom. The summed E-state index contributed by atoms with van der Waals surface area (Å²) in [5.74, 6) is 0. The summed E-state index contributed by atoms with van der Waals surface area (Å²) in [5, 5.41) is 3.08. The quantitative estimate of drug-likeness (QED) is 0.341. The molecule has 52 valence electrons. The molecule has 0 aromatic heterocycles. The number of hydrogen-bond donors (Lipinski definition) is 2. The standard InChI is InChI=1S/C5H10ClN3/c1-8-2-3-9-4-5(6)7/h4,9H,1-3,7H2/b5-4-. The van der Waals surface area contributed by atoms with Gasteiger partial charge < -0.3 is 11.1 Å². The van der Waals surface area contributed by atoms with Crippen molar-refractivity contribution in [1.82, 2.24) is 5.32 Å². The Morgan fingerprint density at radius 3 is 3.00 bits per heavy atom. The second-order valence-electron chi connectivity index (χ2n) is 1.43. The van der Waals surface area contributed by atoms with E-state index in [0.29, 0.717) is 6.54 Å². The minimum atomic E-state index is 0.249. The molecule has 0 amide bonds. The predicted molar refractivity (Wildman–Crippen MR) is 40.5 cm³/mol. The minimum Gasteiger partial charge on any atom is -0.388 e. The molecule has 4 heteroatoms. The van der Waals surface area contributed by atoms with E-state index in [2.05, 4.69) is 17.0 Å². The van der Waals surface area contributed by atoms with E-state index in [1.54, 1.807) is 0 Å². The van der Waals surface area contributed by atoms with Crippen molar-refractivity contribution in [2.75, 3.05) is 13.1 Å². The van der Waals surface area contributed by atoms with Crippen LogP contribution < -0.4 is 11.1 Å². The molecular weight excluding hydrogens is 138 g/mol. The molecule has 0 aliphatic rings. The van der Waals surface area contributed by atoms with Crippen LogP contribution in [0.1, 0.15) is 0 Å². The van der Waals surface area contributed by atoms with E-state index in [0.717, 1.165) is 6.54 Å². The Labute approximate surface area is 59.6 Å². The SMILES string of the molecule is C=NCCN/C=C(\N)Cl. The fraction of sp³-hybridized carbons (Fsp3) is 0.400. The summed E-state index contributed by atoms with van der Waals surface area (Å²) in [4.78, 5) is 3.61. The molecular formula is C5H10ClN3. The Balaban J connectivity index is 3.09. The molecule has 0 aliphatic heterocycles. The normalized spacial score (nSPS) is 11.0. The smallest absolute Gasteiger partial charge is 0.115 e. The van der Waals surface area contributed by atoms with Gasteiger partial charge in [-0.15, -0.1) is 0 Å². The number of nitrogens with one attached hydrogen (secondary N) is 1. The molecule has 3 N–H and O–H groups in total. The number of nitrogens with zero attached hydrogens (tertiary/aromatic N) is 1. The van der Waals surface area contributed by atoms with Crippen LogP contribution in [0.5, 0.6) is 0 Å². The third-order valence-corrected chi connectivity index (χ3v) is 0.763. The van der Waals surface area contributed by atoms with Crippen LogP contribution in [0.4, 0.5) is 0 Å². The number of nitrogens with two attached hydrogens (primary N) is 1. The van der Waals surface area contributed by atoms with Crippen LogP contribution in [0.2, 0.25) is 0 Å². The third kappa shape index (κ3) is 7.30. The number of rotatable bonds is 4. The first kappa shape index (κ1) is 8.30. The van der Waals surface area contributed by atoms with Gasteiger partial charge in [-0.05, 0) is 6.72 Å². The molecule has 0 unspecified atom stereocenters. The summed E-state index contributed by atoms with van der Waals surface area (Å²) in [6.07, 6.45) is 1.52. The molecule has 0 aromatic carbocycles. The Morgan fingerprint density at radius 1 is 1.89 bits per heavy atom. The summed E-state index contributed by atoms with van der Waals surface area (Å²) < 4.78 is 0. The number of aliphatic imine (C=N–C) groups is 1. The molecule has 0 bridgehead atoms. The molecule has 0 aromatic rings. The van der Waals surface area contributed by atoms with Crippen molar-refractivity contribution < 1.29 is 0 Å². The average molecular weight is 148 g/mol. The first-order valence-corrected chi connectivity index (χ1v) is 2.92. The second-order valence-corrected chi connectivity index (χ2v) is 1.87. The lowest BCUT2D eigenvalue weighted by atomic mass is 10.6. The van der Waals surface area contributed by atoms with Gasteiger partial charge in [0, 0.05) is 12.7 Å². The number of halogens is 1. The van der Waals surface area contributed by atoms with Crippen molar-refractivity contribution in [2.24, 2.45) is 10.7 Å². The van der Waals surface area contributed by atoms with Gasteiger partial charge in [0.15, 0.2) is 0 Å². The van der Waals surface area contributed by atoms with Crippen molar-refractivity contribution in [1.29, 1.82) is 0 Å². The summed E-state index contributed by atoms with van der Waals surface area (Å²) in [6, 6.07) is 0. The van der Waals surface area contributed by atoms with Gasteiger partial charge in [0.25, 0.3) is 0 Å². The summed E-state index contributed by atoms with van der Waals surface area (Å²) >= 11 is 5.29. The van der Waals surface area contributed by atoms with E-state index in [1.165, 1.54) is 6.20 Å². The zero-order valence-corrected chi connectivity index (χ0v) is 5.86. The van der Waals surface area contributed by atoms with Crippen LogP contribution in [-0.4, -0.2) is 19.8 Å². The van der Waals surface area contributed by atoms with E-state index >= 15 is 0 Å². The maximum Gasteiger partial charge on any atom is 0.115 e. The molecule has 0 saturated carbocycles. The highest BCUT2D eigenvalue weighted by Crippen LogP contribution is 1.84. The molecule has 9 heavy (non-hydrogen) atoms. The highest BCUT2D eigenvalue weighted by molar-refractivity contribution is 6.28. The van der Waals surface area contributed by atoms with Crippen LogP contribution in [0, 0.1) is 0 Å². The Bertz CT molecular complexity index is 107. The first-order valence-electron chi connectivity index (χ1n) is 2.54. The van der Waals surface area contributed by atoms with E-state index in [4.69, 9.17) is 17.3 Å². The average Bonchev–Trinajstić information content (AvgIpc) is 1.80. The van der Waals surface area contributed by atoms with E-state index in [-0.39, 0.29) is 5.16 Å². The lowest BCUT2D eigenvalue weighted by Crippen LogP contribution is -2.11. The molecule has 3 nitrogen and oxygen atoms in total. The molecule has 0 spiro atoms. The summed E-state index contributed by atoms with van der Waals surface area (Å²) in [5.41, 5.74) is 5.09. The first-order chi connectivity index (χ1) is 4.27. The lowest BCUT2D eigenvalue weighted by molar-refractivity contribution is 0.843. The molecule has 0 rings (SSSR count). The number of hydrogen-bond acceptors (Lipinski definition) is 3. The Kier molecular flexibility index (Phi) is 5.01. The van der Waals surface area contributed by atoms with Gasteiger partial charge in [-0.1, -0.05) is 11.6 Å². The summed E-state index contributed by atoms with van der Waals surface area (Å²) in [7, 11) is 0. The fourth-order valence-corrected chi connectivity index (χ4v) is 0.390. The van der Waals surface area contributed by atoms with E-state index in [9.17, 15) is 0 Å². The van der Waals surface area contributed by atoms with Gasteiger partial charge in [-0.25, -0.2) is 0 Å². The van der Waals surface area contributed by atoms with Crippen LogP contribution in [0.15, 0.2) is 16.3 Å². The van der Waals surface area contributed by atoms with Crippen molar-refractivity contribution in [2.45, 2.75) is 0 Å². The van der Waals surface area contributed by atoms with Crippen molar-refractivity contribution in [3.05, 3.63) is 11.4 Å². The highest BCUT2D eigenvalue weighted by Gasteiger charge is 1.78. The van der Waals surface area contributed by atoms with Crippen LogP contribution in [0.3, 0.4) is 0 Å².